The molecule has 1 amide bonds. The Morgan fingerprint density at radius 3 is 2.75 bits per heavy atom. The average Bonchev–Trinajstić information content (AvgIpc) is 2.87. The fraction of sp³-hybridized carbons (Fsp3) is 0.667. The van der Waals surface area contributed by atoms with Gasteiger partial charge in [0.1, 0.15) is 6.33 Å². The Morgan fingerprint density at radius 2 is 2.10 bits per heavy atom. The molecule has 1 aromatic heterocycles. The summed E-state index contributed by atoms with van der Waals surface area (Å²) in [5.41, 5.74) is 2.17. The lowest BCUT2D eigenvalue weighted by atomic mass is 10.1. The number of aryl methyl sites for hydroxylation is 2. The van der Waals surface area contributed by atoms with Crippen LogP contribution < -0.4 is 0 Å². The maximum atomic E-state index is 12.6. The molecule has 2 heterocycles. The molecular weight excluding hydrogens is 254 g/mol. The fourth-order valence-electron chi connectivity index (χ4n) is 2.61. The van der Waals surface area contributed by atoms with Crippen LogP contribution in [0.3, 0.4) is 0 Å². The lowest BCUT2D eigenvalue weighted by Crippen LogP contribution is -2.31. The minimum absolute atomic E-state index is 0.0543. The Kier molecular flexibility index (Phi) is 5.06. The van der Waals surface area contributed by atoms with E-state index in [4.69, 9.17) is 4.74 Å². The highest BCUT2D eigenvalue weighted by Crippen LogP contribution is 2.21. The Bertz CT molecular complexity index is 456. The van der Waals surface area contributed by atoms with E-state index in [1.807, 2.05) is 18.7 Å². The van der Waals surface area contributed by atoms with Gasteiger partial charge in [0.25, 0.3) is 5.91 Å². The highest BCUT2D eigenvalue weighted by atomic mass is 16.5. The topological polar surface area (TPSA) is 55.3 Å². The van der Waals surface area contributed by atoms with Crippen molar-refractivity contribution in [3.63, 3.8) is 0 Å². The predicted molar refractivity (Wildman–Crippen MR) is 76.6 cm³/mol. The van der Waals surface area contributed by atoms with Gasteiger partial charge in [0, 0.05) is 25.6 Å². The van der Waals surface area contributed by atoms with Crippen LogP contribution in [0.15, 0.2) is 6.33 Å². The number of ether oxygens (including phenoxy) is 1. The molecule has 0 saturated carbocycles. The molecule has 0 spiro atoms. The summed E-state index contributed by atoms with van der Waals surface area (Å²) < 4.78 is 5.59. The summed E-state index contributed by atoms with van der Waals surface area (Å²) in [6, 6.07) is 0. The van der Waals surface area contributed by atoms with Crippen molar-refractivity contribution in [1.29, 1.82) is 0 Å². The van der Waals surface area contributed by atoms with Crippen molar-refractivity contribution >= 4 is 5.91 Å². The monoisotopic (exact) mass is 277 g/mol. The second-order valence-electron chi connectivity index (χ2n) is 5.40. The lowest BCUT2D eigenvalue weighted by molar-refractivity contribution is 0.0752. The average molecular weight is 277 g/mol. The maximum Gasteiger partial charge on any atom is 0.257 e. The Morgan fingerprint density at radius 1 is 1.40 bits per heavy atom. The van der Waals surface area contributed by atoms with Gasteiger partial charge < -0.3 is 9.64 Å². The van der Waals surface area contributed by atoms with Gasteiger partial charge in [-0.3, -0.25) is 4.79 Å². The number of carbonyl (C=O) groups is 1. The van der Waals surface area contributed by atoms with Crippen molar-refractivity contribution in [2.45, 2.75) is 33.6 Å². The van der Waals surface area contributed by atoms with Gasteiger partial charge in [0.2, 0.25) is 0 Å². The second-order valence-corrected chi connectivity index (χ2v) is 5.40. The quantitative estimate of drug-likeness (QED) is 0.772. The Hall–Kier alpha value is -1.49. The summed E-state index contributed by atoms with van der Waals surface area (Å²) in [5.74, 6) is 0.509. The van der Waals surface area contributed by atoms with Crippen molar-refractivity contribution in [1.82, 2.24) is 14.9 Å². The van der Waals surface area contributed by atoms with Crippen LogP contribution in [0.2, 0.25) is 0 Å². The first-order valence-electron chi connectivity index (χ1n) is 7.28. The zero-order chi connectivity index (χ0) is 14.5. The number of hydrogen-bond acceptors (Lipinski definition) is 4. The van der Waals surface area contributed by atoms with E-state index in [0.717, 1.165) is 50.5 Å². The summed E-state index contributed by atoms with van der Waals surface area (Å²) in [5, 5.41) is 0. The fourth-order valence-corrected chi connectivity index (χ4v) is 2.61. The van der Waals surface area contributed by atoms with Gasteiger partial charge in [0.05, 0.1) is 23.6 Å². The van der Waals surface area contributed by atoms with E-state index >= 15 is 0 Å². The van der Waals surface area contributed by atoms with Crippen LogP contribution in [0, 0.1) is 19.8 Å². The molecule has 2 rings (SSSR count). The Balaban J connectivity index is 1.98. The van der Waals surface area contributed by atoms with Crippen LogP contribution in [0.5, 0.6) is 0 Å². The minimum Gasteiger partial charge on any atom is -0.381 e. The molecule has 0 unspecified atom stereocenters. The highest BCUT2D eigenvalue weighted by molar-refractivity contribution is 5.96. The standard InChI is InChI=1S/C15H23N3O2/c1-4-7-20-9-13-5-6-18(8-13)15(19)14-11(2)16-10-17-12(14)3/h10,13H,4-9H2,1-3H3/t13-/m1/s1. The van der Waals surface area contributed by atoms with Gasteiger partial charge in [-0.15, -0.1) is 0 Å². The zero-order valence-electron chi connectivity index (χ0n) is 12.6. The van der Waals surface area contributed by atoms with E-state index in [1.54, 1.807) is 0 Å². The van der Waals surface area contributed by atoms with Crippen molar-refractivity contribution in [2.75, 3.05) is 26.3 Å². The molecule has 0 radical (unpaired) electrons. The van der Waals surface area contributed by atoms with Crippen LogP contribution in [-0.4, -0.2) is 47.1 Å². The first-order valence-corrected chi connectivity index (χ1v) is 7.28. The molecule has 20 heavy (non-hydrogen) atoms. The highest BCUT2D eigenvalue weighted by Gasteiger charge is 2.29. The predicted octanol–water partition coefficient (Wildman–Crippen LogP) is 1.98. The molecule has 1 fully saturated rings. The molecule has 1 saturated heterocycles. The molecule has 5 nitrogen and oxygen atoms in total. The lowest BCUT2D eigenvalue weighted by Gasteiger charge is -2.18. The molecular formula is C15H23N3O2. The van der Waals surface area contributed by atoms with E-state index in [-0.39, 0.29) is 5.91 Å². The molecule has 1 atom stereocenters. The van der Waals surface area contributed by atoms with E-state index in [1.165, 1.54) is 6.33 Å². The molecule has 0 bridgehead atoms. The molecule has 110 valence electrons. The number of likely N-dealkylation sites (tertiary alicyclic amines) is 1. The summed E-state index contributed by atoms with van der Waals surface area (Å²) >= 11 is 0. The van der Waals surface area contributed by atoms with Crippen LogP contribution >= 0.6 is 0 Å². The molecule has 0 aliphatic carbocycles. The third-order valence-corrected chi connectivity index (χ3v) is 3.72. The van der Waals surface area contributed by atoms with Crippen molar-refractivity contribution in [3.05, 3.63) is 23.3 Å². The first kappa shape index (κ1) is 14.9. The third-order valence-electron chi connectivity index (χ3n) is 3.72. The van der Waals surface area contributed by atoms with Crippen molar-refractivity contribution in [2.24, 2.45) is 5.92 Å². The number of aromatic nitrogens is 2. The van der Waals surface area contributed by atoms with E-state index < -0.39 is 0 Å². The molecule has 1 aliphatic heterocycles. The molecule has 1 aromatic rings. The number of rotatable bonds is 5. The summed E-state index contributed by atoms with van der Waals surface area (Å²) in [6.07, 6.45) is 3.56. The smallest absolute Gasteiger partial charge is 0.257 e. The molecule has 0 N–H and O–H groups in total. The van der Waals surface area contributed by atoms with Gasteiger partial charge in [0.15, 0.2) is 0 Å². The van der Waals surface area contributed by atoms with Crippen LogP contribution in [0.1, 0.15) is 41.5 Å². The molecule has 5 heteroatoms. The zero-order valence-corrected chi connectivity index (χ0v) is 12.6. The van der Waals surface area contributed by atoms with Crippen LogP contribution in [0.4, 0.5) is 0 Å². The summed E-state index contributed by atoms with van der Waals surface area (Å²) in [6.45, 7) is 8.95. The van der Waals surface area contributed by atoms with Gasteiger partial charge >= 0.3 is 0 Å². The number of hydrogen-bond donors (Lipinski definition) is 0. The van der Waals surface area contributed by atoms with Gasteiger partial charge in [-0.1, -0.05) is 6.92 Å². The summed E-state index contributed by atoms with van der Waals surface area (Å²) in [7, 11) is 0. The summed E-state index contributed by atoms with van der Waals surface area (Å²) in [4.78, 5) is 22.7. The third kappa shape index (κ3) is 3.33. The van der Waals surface area contributed by atoms with Crippen molar-refractivity contribution < 1.29 is 9.53 Å². The Labute approximate surface area is 120 Å². The van der Waals surface area contributed by atoms with Gasteiger partial charge in [-0.25, -0.2) is 9.97 Å². The van der Waals surface area contributed by atoms with E-state index in [2.05, 4.69) is 16.9 Å². The van der Waals surface area contributed by atoms with E-state index in [9.17, 15) is 4.79 Å². The van der Waals surface area contributed by atoms with Crippen LogP contribution in [-0.2, 0) is 4.74 Å². The number of amides is 1. The molecule has 0 aromatic carbocycles. The normalized spacial score (nSPS) is 18.6. The first-order chi connectivity index (χ1) is 9.63. The van der Waals surface area contributed by atoms with Crippen molar-refractivity contribution in [3.8, 4) is 0 Å². The number of carbonyl (C=O) groups excluding carboxylic acids is 1. The van der Waals surface area contributed by atoms with E-state index in [0.29, 0.717) is 11.5 Å². The van der Waals surface area contributed by atoms with Gasteiger partial charge in [-0.05, 0) is 26.7 Å². The van der Waals surface area contributed by atoms with Gasteiger partial charge in [-0.2, -0.15) is 0 Å². The van der Waals surface area contributed by atoms with Crippen LogP contribution in [0.25, 0.3) is 0 Å². The molecule has 1 aliphatic rings. The second kappa shape index (κ2) is 6.79. The number of nitrogens with zero attached hydrogens (tertiary/aromatic N) is 3. The maximum absolute atomic E-state index is 12.6. The minimum atomic E-state index is 0.0543. The largest absolute Gasteiger partial charge is 0.381 e. The SMILES string of the molecule is CCCOC[C@@H]1CCN(C(=O)c2c(C)ncnc2C)C1.